The predicted molar refractivity (Wildman–Crippen MR) is 80.2 cm³/mol. The highest BCUT2D eigenvalue weighted by Gasteiger charge is 2.47. The first-order chi connectivity index (χ1) is 10.1. The van der Waals surface area contributed by atoms with Crippen LogP contribution in [0.15, 0.2) is 24.3 Å². The van der Waals surface area contributed by atoms with Crippen LogP contribution in [0.25, 0.3) is 0 Å². The fourth-order valence-corrected chi connectivity index (χ4v) is 3.67. The summed E-state index contributed by atoms with van der Waals surface area (Å²) < 4.78 is 13.3. The summed E-state index contributed by atoms with van der Waals surface area (Å²) in [5.74, 6) is 0.664. The Kier molecular flexibility index (Phi) is 3.98. The number of carbonyl (C=O) groups excluding carboxylic acids is 1. The summed E-state index contributed by atoms with van der Waals surface area (Å²) in [5, 5.41) is 0. The normalized spacial score (nSPS) is 32.0. The van der Waals surface area contributed by atoms with Gasteiger partial charge in [0.2, 0.25) is 5.91 Å². The number of carbonyl (C=O) groups is 1. The van der Waals surface area contributed by atoms with Crippen LogP contribution in [0.2, 0.25) is 0 Å². The molecule has 3 nitrogen and oxygen atoms in total. The van der Waals surface area contributed by atoms with E-state index < -0.39 is 0 Å². The van der Waals surface area contributed by atoms with E-state index in [1.807, 2.05) is 11.0 Å². The van der Waals surface area contributed by atoms with Crippen molar-refractivity contribution in [3.8, 4) is 0 Å². The van der Waals surface area contributed by atoms with E-state index in [0.717, 1.165) is 31.4 Å². The van der Waals surface area contributed by atoms with Crippen LogP contribution in [0.4, 0.5) is 4.39 Å². The second-order valence-corrected chi connectivity index (χ2v) is 6.46. The van der Waals surface area contributed by atoms with E-state index in [1.165, 1.54) is 6.07 Å². The van der Waals surface area contributed by atoms with Crippen LogP contribution in [-0.4, -0.2) is 29.9 Å². The number of halogens is 1. The molecule has 1 aliphatic carbocycles. The van der Waals surface area contributed by atoms with Crippen LogP contribution >= 0.6 is 0 Å². The molecule has 1 aromatic carbocycles. The molecule has 3 rings (SSSR count). The molecule has 0 aromatic heterocycles. The van der Waals surface area contributed by atoms with Gasteiger partial charge in [0.05, 0.1) is 0 Å². The van der Waals surface area contributed by atoms with Crippen molar-refractivity contribution in [1.82, 2.24) is 4.90 Å². The topological polar surface area (TPSA) is 46.3 Å². The number of rotatable bonds is 3. The Hall–Kier alpha value is -1.42. The highest BCUT2D eigenvalue weighted by molar-refractivity contribution is 5.83. The minimum Gasteiger partial charge on any atom is -0.338 e. The maximum Gasteiger partial charge on any atom is 0.226 e. The zero-order chi connectivity index (χ0) is 15.0. The maximum absolute atomic E-state index is 13.3. The molecule has 21 heavy (non-hydrogen) atoms. The summed E-state index contributed by atoms with van der Waals surface area (Å²) >= 11 is 0. The van der Waals surface area contributed by atoms with Crippen molar-refractivity contribution in [3.05, 3.63) is 35.6 Å². The van der Waals surface area contributed by atoms with Crippen molar-refractivity contribution in [2.45, 2.75) is 38.1 Å². The molecule has 4 atom stereocenters. The first-order valence-corrected chi connectivity index (χ1v) is 7.88. The molecular weight excluding hydrogens is 267 g/mol. The fourth-order valence-electron chi connectivity index (χ4n) is 3.67. The standard InChI is InChI=1S/C17H23FN2O/c1-11-4-3-7-20(16(11)10-19)17(21)15-9-14(15)12-5-2-6-13(18)8-12/h2,5-6,8,11,14-16H,3-4,7,9-10,19H2,1H3/t11-,14+,15-,16+/m1/s1. The lowest BCUT2D eigenvalue weighted by atomic mass is 9.90. The Morgan fingerprint density at radius 2 is 2.29 bits per heavy atom. The van der Waals surface area contributed by atoms with Gasteiger partial charge in [-0.1, -0.05) is 19.1 Å². The summed E-state index contributed by atoms with van der Waals surface area (Å²) in [5.41, 5.74) is 6.81. The zero-order valence-electron chi connectivity index (χ0n) is 12.5. The van der Waals surface area contributed by atoms with E-state index in [2.05, 4.69) is 6.92 Å². The molecule has 1 saturated carbocycles. The number of piperidine rings is 1. The Morgan fingerprint density at radius 3 is 3.00 bits per heavy atom. The third-order valence-corrected chi connectivity index (χ3v) is 5.02. The smallest absolute Gasteiger partial charge is 0.226 e. The number of amides is 1. The van der Waals surface area contributed by atoms with Gasteiger partial charge < -0.3 is 10.6 Å². The third-order valence-electron chi connectivity index (χ3n) is 5.02. The number of likely N-dealkylation sites (tertiary alicyclic amines) is 1. The summed E-state index contributed by atoms with van der Waals surface area (Å²) in [4.78, 5) is 14.7. The molecule has 114 valence electrons. The third kappa shape index (κ3) is 2.82. The molecule has 0 bridgehead atoms. The molecular formula is C17H23FN2O. The average Bonchev–Trinajstić information content (AvgIpc) is 3.26. The van der Waals surface area contributed by atoms with Crippen LogP contribution in [0.5, 0.6) is 0 Å². The van der Waals surface area contributed by atoms with E-state index >= 15 is 0 Å². The molecule has 1 amide bonds. The van der Waals surface area contributed by atoms with Gasteiger partial charge in [0.1, 0.15) is 5.82 Å². The number of hydrogen-bond acceptors (Lipinski definition) is 2. The molecule has 0 radical (unpaired) electrons. The number of nitrogens with zero attached hydrogens (tertiary/aromatic N) is 1. The molecule has 1 saturated heterocycles. The van der Waals surface area contributed by atoms with E-state index in [9.17, 15) is 9.18 Å². The van der Waals surface area contributed by atoms with Crippen molar-refractivity contribution in [3.63, 3.8) is 0 Å². The summed E-state index contributed by atoms with van der Waals surface area (Å²) in [6, 6.07) is 6.80. The molecule has 1 aromatic rings. The van der Waals surface area contributed by atoms with E-state index in [0.29, 0.717) is 12.5 Å². The SMILES string of the molecule is C[C@@H]1CCCN(C(=O)[C@@H]2C[C@H]2c2cccc(F)c2)[C@H]1CN. The first kappa shape index (κ1) is 14.5. The minimum absolute atomic E-state index is 0.0196. The maximum atomic E-state index is 13.3. The molecule has 2 aliphatic rings. The summed E-state index contributed by atoms with van der Waals surface area (Å²) in [7, 11) is 0. The van der Waals surface area contributed by atoms with Crippen molar-refractivity contribution in [2.24, 2.45) is 17.6 Å². The number of hydrogen-bond donors (Lipinski definition) is 1. The van der Waals surface area contributed by atoms with E-state index in [1.54, 1.807) is 12.1 Å². The lowest BCUT2D eigenvalue weighted by molar-refractivity contribution is -0.137. The highest BCUT2D eigenvalue weighted by Crippen LogP contribution is 2.49. The van der Waals surface area contributed by atoms with Crippen LogP contribution in [-0.2, 0) is 4.79 Å². The summed E-state index contributed by atoms with van der Waals surface area (Å²) in [6.07, 6.45) is 3.04. The van der Waals surface area contributed by atoms with Gasteiger partial charge in [-0.3, -0.25) is 4.79 Å². The Labute approximate surface area is 125 Å². The molecule has 0 unspecified atom stereocenters. The Bertz CT molecular complexity index is 533. The van der Waals surface area contributed by atoms with Gasteiger partial charge in [-0.2, -0.15) is 0 Å². The van der Waals surface area contributed by atoms with Crippen molar-refractivity contribution in [1.29, 1.82) is 0 Å². The van der Waals surface area contributed by atoms with Gasteiger partial charge in [-0.15, -0.1) is 0 Å². The predicted octanol–water partition coefficient (Wildman–Crippen LogP) is 2.52. The Morgan fingerprint density at radius 1 is 1.48 bits per heavy atom. The number of nitrogens with two attached hydrogens (primary N) is 1. The monoisotopic (exact) mass is 290 g/mol. The van der Waals surface area contributed by atoms with Crippen LogP contribution in [0, 0.1) is 17.7 Å². The van der Waals surface area contributed by atoms with Gasteiger partial charge in [0, 0.05) is 25.0 Å². The van der Waals surface area contributed by atoms with Gasteiger partial charge in [0.15, 0.2) is 0 Å². The quantitative estimate of drug-likeness (QED) is 0.929. The van der Waals surface area contributed by atoms with Crippen LogP contribution < -0.4 is 5.73 Å². The van der Waals surface area contributed by atoms with Crippen LogP contribution in [0.3, 0.4) is 0 Å². The first-order valence-electron chi connectivity index (χ1n) is 7.88. The second-order valence-electron chi connectivity index (χ2n) is 6.46. The fraction of sp³-hybridized carbons (Fsp3) is 0.588. The van der Waals surface area contributed by atoms with Crippen molar-refractivity contribution < 1.29 is 9.18 Å². The van der Waals surface area contributed by atoms with E-state index in [4.69, 9.17) is 5.73 Å². The van der Waals surface area contributed by atoms with Crippen molar-refractivity contribution in [2.75, 3.05) is 13.1 Å². The number of benzene rings is 1. The minimum atomic E-state index is -0.225. The lowest BCUT2D eigenvalue weighted by Gasteiger charge is -2.39. The van der Waals surface area contributed by atoms with Crippen molar-refractivity contribution >= 4 is 5.91 Å². The second kappa shape index (κ2) is 5.76. The lowest BCUT2D eigenvalue weighted by Crippen LogP contribution is -2.52. The Balaban J connectivity index is 1.69. The largest absolute Gasteiger partial charge is 0.338 e. The van der Waals surface area contributed by atoms with Gasteiger partial charge >= 0.3 is 0 Å². The molecule has 2 fully saturated rings. The average molecular weight is 290 g/mol. The molecule has 1 heterocycles. The van der Waals surface area contributed by atoms with Crippen LogP contribution in [0.1, 0.15) is 37.7 Å². The summed E-state index contributed by atoms with van der Waals surface area (Å²) in [6.45, 7) is 3.52. The highest BCUT2D eigenvalue weighted by atomic mass is 19.1. The molecule has 0 spiro atoms. The molecule has 2 N–H and O–H groups in total. The van der Waals surface area contributed by atoms with Gasteiger partial charge in [0.25, 0.3) is 0 Å². The molecule has 4 heteroatoms. The van der Waals surface area contributed by atoms with E-state index in [-0.39, 0.29) is 29.6 Å². The molecule has 1 aliphatic heterocycles. The van der Waals surface area contributed by atoms with Gasteiger partial charge in [-0.25, -0.2) is 4.39 Å². The zero-order valence-corrected chi connectivity index (χ0v) is 12.5. The van der Waals surface area contributed by atoms with Gasteiger partial charge in [-0.05, 0) is 48.8 Å².